The van der Waals surface area contributed by atoms with E-state index >= 15 is 0 Å². The predicted molar refractivity (Wildman–Crippen MR) is 118 cm³/mol. The normalized spacial score (nSPS) is 15.9. The molecule has 0 radical (unpaired) electrons. The highest BCUT2D eigenvalue weighted by molar-refractivity contribution is 6.30. The second kappa shape index (κ2) is 8.54. The molecule has 1 amide bonds. The van der Waals surface area contributed by atoms with Gasteiger partial charge in [-0.05, 0) is 31.5 Å². The fourth-order valence-electron chi connectivity index (χ4n) is 3.59. The Morgan fingerprint density at radius 1 is 1.27 bits per heavy atom. The average Bonchev–Trinajstić information content (AvgIpc) is 3.19. The van der Waals surface area contributed by atoms with Crippen LogP contribution < -0.4 is 15.5 Å². The fourth-order valence-corrected chi connectivity index (χ4v) is 3.77. The third-order valence-corrected chi connectivity index (χ3v) is 5.75. The number of carbonyl (C=O) groups is 1. The summed E-state index contributed by atoms with van der Waals surface area (Å²) in [6, 6.07) is 5.16. The molecule has 0 unspecified atom stereocenters. The summed E-state index contributed by atoms with van der Waals surface area (Å²) in [5.74, 6) is 0.481. The van der Waals surface area contributed by atoms with E-state index in [4.69, 9.17) is 11.6 Å². The van der Waals surface area contributed by atoms with Crippen molar-refractivity contribution < 1.29 is 18.0 Å². The lowest BCUT2D eigenvalue weighted by molar-refractivity contribution is -0.138. The van der Waals surface area contributed by atoms with Crippen molar-refractivity contribution in [1.29, 1.82) is 0 Å². The Kier molecular flexibility index (Phi) is 5.91. The van der Waals surface area contributed by atoms with Crippen LogP contribution in [0.5, 0.6) is 0 Å². The Hall–Kier alpha value is -3.34. The van der Waals surface area contributed by atoms with E-state index in [-0.39, 0.29) is 35.6 Å². The first-order valence-corrected chi connectivity index (χ1v) is 10.4. The van der Waals surface area contributed by atoms with Gasteiger partial charge in [0.25, 0.3) is 0 Å². The van der Waals surface area contributed by atoms with Gasteiger partial charge in [-0.25, -0.2) is 9.67 Å². The van der Waals surface area contributed by atoms with Gasteiger partial charge in [0, 0.05) is 18.1 Å². The van der Waals surface area contributed by atoms with Crippen molar-refractivity contribution in [3.63, 3.8) is 0 Å². The molecule has 12 heteroatoms. The Morgan fingerprint density at radius 2 is 2.03 bits per heavy atom. The summed E-state index contributed by atoms with van der Waals surface area (Å²) < 4.78 is 41.3. The van der Waals surface area contributed by atoms with E-state index in [1.165, 1.54) is 16.8 Å². The van der Waals surface area contributed by atoms with Crippen LogP contribution in [0.25, 0.3) is 0 Å². The molecular formula is C21H21ClF3N7O. The summed E-state index contributed by atoms with van der Waals surface area (Å²) in [6.45, 7) is 3.78. The second-order valence-corrected chi connectivity index (χ2v) is 8.26. The number of nitrogens with zero attached hydrogens (tertiary/aromatic N) is 5. The summed E-state index contributed by atoms with van der Waals surface area (Å²) in [5.41, 5.74) is 1.94. The minimum absolute atomic E-state index is 0.0157. The van der Waals surface area contributed by atoms with E-state index < -0.39 is 11.7 Å². The first-order chi connectivity index (χ1) is 15.5. The number of carbonyl (C=O) groups excluding carboxylic acids is 1. The molecule has 33 heavy (non-hydrogen) atoms. The maximum absolute atomic E-state index is 13.3. The molecule has 2 aromatic heterocycles. The Balaban J connectivity index is 1.48. The number of aromatic nitrogens is 4. The Labute approximate surface area is 192 Å². The number of nitrogens with one attached hydrogen (secondary N) is 2. The van der Waals surface area contributed by atoms with Gasteiger partial charge in [-0.2, -0.15) is 13.2 Å². The highest BCUT2D eigenvalue weighted by atomic mass is 35.5. The number of fused-ring (bicyclic) bond motifs is 1. The molecule has 1 aromatic carbocycles. The largest absolute Gasteiger partial charge is 0.416 e. The van der Waals surface area contributed by atoms with E-state index in [0.29, 0.717) is 22.9 Å². The van der Waals surface area contributed by atoms with Crippen molar-refractivity contribution in [2.45, 2.75) is 39.2 Å². The van der Waals surface area contributed by atoms with Gasteiger partial charge in [0.2, 0.25) is 5.91 Å². The average molecular weight is 480 g/mol. The van der Waals surface area contributed by atoms with Crippen LogP contribution in [0.2, 0.25) is 5.02 Å². The molecule has 1 aliphatic rings. The van der Waals surface area contributed by atoms with Crippen molar-refractivity contribution in [2.75, 3.05) is 22.6 Å². The quantitative estimate of drug-likeness (QED) is 0.573. The van der Waals surface area contributed by atoms with Gasteiger partial charge in [-0.3, -0.25) is 4.79 Å². The van der Waals surface area contributed by atoms with Crippen LogP contribution >= 0.6 is 11.6 Å². The Morgan fingerprint density at radius 3 is 2.76 bits per heavy atom. The molecule has 0 aliphatic carbocycles. The van der Waals surface area contributed by atoms with Crippen molar-refractivity contribution in [2.24, 2.45) is 0 Å². The number of halogens is 4. The zero-order valence-electron chi connectivity index (χ0n) is 18.0. The zero-order chi connectivity index (χ0) is 23.9. The summed E-state index contributed by atoms with van der Waals surface area (Å²) in [4.78, 5) is 18.4. The van der Waals surface area contributed by atoms with Crippen LogP contribution in [-0.4, -0.2) is 39.0 Å². The molecule has 0 bridgehead atoms. The summed E-state index contributed by atoms with van der Waals surface area (Å²) in [5, 5.41) is 14.0. The van der Waals surface area contributed by atoms with Gasteiger partial charge in [0.15, 0.2) is 0 Å². The van der Waals surface area contributed by atoms with E-state index in [1.54, 1.807) is 13.1 Å². The van der Waals surface area contributed by atoms with Gasteiger partial charge in [-0.15, -0.1) is 5.10 Å². The summed E-state index contributed by atoms with van der Waals surface area (Å²) in [6.07, 6.45) is -2.95. The number of rotatable bonds is 5. The first kappa shape index (κ1) is 22.8. The molecule has 3 aromatic rings. The third kappa shape index (κ3) is 4.72. The summed E-state index contributed by atoms with van der Waals surface area (Å²) >= 11 is 5.74. The molecule has 1 aliphatic heterocycles. The third-order valence-electron chi connectivity index (χ3n) is 5.51. The number of alkyl halides is 3. The maximum atomic E-state index is 13.3. The predicted octanol–water partition coefficient (Wildman–Crippen LogP) is 4.09. The Bertz CT molecular complexity index is 1210. The molecule has 3 heterocycles. The summed E-state index contributed by atoms with van der Waals surface area (Å²) in [7, 11) is 1.84. The van der Waals surface area contributed by atoms with Crippen molar-refractivity contribution >= 4 is 34.7 Å². The standard InChI is InChI=1S/C21H21ClF3N7O/c1-11-19-17(31(3)12(2)20(33)28-19)7-18(27-11)26-8-15-10-32(30-29-15)9-13-4-5-14(22)6-16(13)21(23,24)25/h4-7,10,12H,8-9H2,1-3H3,(H,26,27)(H,28,33)/t12-/m0/s1. The van der Waals surface area contributed by atoms with E-state index in [0.717, 1.165) is 11.8 Å². The fraction of sp³-hybridized carbons (Fsp3) is 0.333. The molecule has 0 fully saturated rings. The number of pyridine rings is 1. The topological polar surface area (TPSA) is 88.0 Å². The second-order valence-electron chi connectivity index (χ2n) is 7.82. The van der Waals surface area contributed by atoms with Gasteiger partial charge in [0.05, 0.1) is 41.9 Å². The van der Waals surface area contributed by atoms with Crippen LogP contribution in [0.4, 0.5) is 30.4 Å². The number of anilines is 3. The van der Waals surface area contributed by atoms with Crippen LogP contribution in [0.15, 0.2) is 30.5 Å². The SMILES string of the molecule is Cc1nc(NCc2cn(Cc3ccc(Cl)cc3C(F)(F)F)nn2)cc2c1NC(=O)[C@H](C)N2C. The number of aryl methyl sites for hydroxylation is 1. The number of likely N-dealkylation sites (N-methyl/N-ethyl adjacent to an activating group) is 1. The lowest BCUT2D eigenvalue weighted by Gasteiger charge is -2.34. The van der Waals surface area contributed by atoms with E-state index in [2.05, 4.69) is 25.9 Å². The number of benzene rings is 1. The monoisotopic (exact) mass is 479 g/mol. The van der Waals surface area contributed by atoms with Gasteiger partial charge in [-0.1, -0.05) is 22.9 Å². The van der Waals surface area contributed by atoms with Gasteiger partial charge < -0.3 is 15.5 Å². The molecule has 1 atom stereocenters. The van der Waals surface area contributed by atoms with Crippen molar-refractivity contribution in [1.82, 2.24) is 20.0 Å². The van der Waals surface area contributed by atoms with Gasteiger partial charge >= 0.3 is 6.18 Å². The molecule has 2 N–H and O–H groups in total. The minimum atomic E-state index is -4.52. The van der Waals surface area contributed by atoms with E-state index in [1.807, 2.05) is 24.9 Å². The highest BCUT2D eigenvalue weighted by Crippen LogP contribution is 2.35. The van der Waals surface area contributed by atoms with Crippen LogP contribution in [-0.2, 0) is 24.1 Å². The lowest BCUT2D eigenvalue weighted by atomic mass is 10.1. The van der Waals surface area contributed by atoms with Crippen molar-refractivity contribution in [3.8, 4) is 0 Å². The smallest absolute Gasteiger partial charge is 0.364 e. The van der Waals surface area contributed by atoms with Crippen LogP contribution in [0, 0.1) is 6.92 Å². The molecule has 8 nitrogen and oxygen atoms in total. The van der Waals surface area contributed by atoms with E-state index in [9.17, 15) is 18.0 Å². The first-order valence-electron chi connectivity index (χ1n) is 10.1. The number of amides is 1. The zero-order valence-corrected chi connectivity index (χ0v) is 18.8. The molecule has 0 saturated carbocycles. The molecule has 0 spiro atoms. The maximum Gasteiger partial charge on any atom is 0.416 e. The lowest BCUT2D eigenvalue weighted by Crippen LogP contribution is -2.44. The highest BCUT2D eigenvalue weighted by Gasteiger charge is 2.33. The number of hydrogen-bond donors (Lipinski definition) is 2. The molecular weight excluding hydrogens is 459 g/mol. The molecule has 0 saturated heterocycles. The van der Waals surface area contributed by atoms with Gasteiger partial charge in [0.1, 0.15) is 17.6 Å². The minimum Gasteiger partial charge on any atom is -0.364 e. The molecule has 174 valence electrons. The molecule has 4 rings (SSSR count). The van der Waals surface area contributed by atoms with Crippen LogP contribution in [0.1, 0.15) is 29.4 Å². The number of hydrogen-bond acceptors (Lipinski definition) is 6. The van der Waals surface area contributed by atoms with Crippen molar-refractivity contribution in [3.05, 3.63) is 58.0 Å². The van der Waals surface area contributed by atoms with Crippen LogP contribution in [0.3, 0.4) is 0 Å².